The highest BCUT2D eigenvalue weighted by Crippen LogP contribution is 2.42. The van der Waals surface area contributed by atoms with Crippen molar-refractivity contribution < 1.29 is 14.2 Å². The third kappa shape index (κ3) is 17.0. The Labute approximate surface area is 599 Å². The molecule has 0 fully saturated rings. The lowest BCUT2D eigenvalue weighted by molar-refractivity contribution is 0.303. The highest BCUT2D eigenvalue weighted by molar-refractivity contribution is 5.86. The van der Waals surface area contributed by atoms with Crippen LogP contribution in [0.2, 0.25) is 0 Å². The van der Waals surface area contributed by atoms with Crippen LogP contribution in [0.1, 0.15) is 133 Å². The van der Waals surface area contributed by atoms with Gasteiger partial charge >= 0.3 is 0 Å². The first-order chi connectivity index (χ1) is 49.3. The monoisotopic (exact) mass is 1380 g/mol. The molecule has 0 atom stereocenters. The minimum absolute atomic E-state index is 0.166. The van der Waals surface area contributed by atoms with Crippen LogP contribution in [0.5, 0.6) is 17.2 Å². The van der Waals surface area contributed by atoms with Crippen LogP contribution < -0.4 is 93.4 Å². The molecule has 0 bridgehead atoms. The van der Waals surface area contributed by atoms with Gasteiger partial charge in [-0.2, -0.15) is 0 Å². The summed E-state index contributed by atoms with van der Waals surface area (Å²) in [5, 5.41) is 19.9. The van der Waals surface area contributed by atoms with E-state index in [1.54, 1.807) is 0 Å². The quantitative estimate of drug-likeness (QED) is 0.0156. The highest BCUT2D eigenvalue weighted by atomic mass is 16.5. The van der Waals surface area contributed by atoms with Gasteiger partial charge < -0.3 is 60.8 Å². The molecule has 10 aromatic carbocycles. The maximum Gasteiger partial charge on any atom is 0.253 e. The number of unbranched alkanes of at least 4 members (excludes halogenated alkanes) is 3. The molecule has 102 heavy (non-hydrogen) atoms. The summed E-state index contributed by atoms with van der Waals surface area (Å²) >= 11 is 0. The number of hydrogen-bond donors (Lipinski definition) is 6. The molecule has 10 aromatic rings. The van der Waals surface area contributed by atoms with Crippen molar-refractivity contribution in [2.45, 2.75) is 138 Å². The fraction of sp³-hybridized carbons (Fsp3) is 0.357. The van der Waals surface area contributed by atoms with E-state index in [1.807, 2.05) is 130 Å². The lowest BCUT2D eigenvalue weighted by atomic mass is 9.88. The summed E-state index contributed by atoms with van der Waals surface area (Å²) in [4.78, 5) is 86.9. The van der Waals surface area contributed by atoms with Crippen molar-refractivity contribution in [3.8, 4) is 50.6 Å². The molecule has 6 N–H and O–H groups in total. The summed E-state index contributed by atoms with van der Waals surface area (Å²) in [5.41, 5.74) is 13.3. The molecule has 0 unspecified atom stereocenters. The summed E-state index contributed by atoms with van der Waals surface area (Å²) in [6, 6.07) is 42.6. The van der Waals surface area contributed by atoms with Crippen LogP contribution in [0.3, 0.4) is 0 Å². The second-order valence-corrected chi connectivity index (χ2v) is 27.0. The van der Waals surface area contributed by atoms with Gasteiger partial charge in [-0.25, -0.2) is 0 Å². The molecular formula is C84H99N9O9. The van der Waals surface area contributed by atoms with Crippen molar-refractivity contribution in [1.82, 2.24) is 0 Å². The fourth-order valence-corrected chi connectivity index (χ4v) is 12.7. The first-order valence-corrected chi connectivity index (χ1v) is 36.1. The van der Waals surface area contributed by atoms with Crippen LogP contribution >= 0.6 is 0 Å². The first kappa shape index (κ1) is 74.1. The molecular weight excluding hydrogens is 1280 g/mol. The lowest BCUT2D eigenvalue weighted by Gasteiger charge is -2.22. The third-order valence-electron chi connectivity index (χ3n) is 18.5. The Morgan fingerprint density at radius 2 is 0.510 bits per heavy atom. The van der Waals surface area contributed by atoms with Gasteiger partial charge in [-0.1, -0.05) is 80.1 Å². The summed E-state index contributed by atoms with van der Waals surface area (Å²) in [7, 11) is 11.8. The van der Waals surface area contributed by atoms with Crippen LogP contribution in [-0.4, -0.2) is 62.1 Å². The Bertz CT molecular complexity index is 4270. The van der Waals surface area contributed by atoms with Crippen molar-refractivity contribution >= 4 is 68.2 Å². The van der Waals surface area contributed by atoms with Gasteiger partial charge in [0.2, 0.25) is 0 Å². The van der Waals surface area contributed by atoms with Crippen LogP contribution in [0.25, 0.3) is 33.4 Å². The van der Waals surface area contributed by atoms with Gasteiger partial charge in [-0.05, 0) is 216 Å². The van der Waals surface area contributed by atoms with Crippen LogP contribution in [0.4, 0.5) is 68.2 Å². The number of nitrogens with zero attached hydrogens (tertiary/aromatic N) is 3. The number of benzene rings is 7. The Morgan fingerprint density at radius 1 is 0.284 bits per heavy atom. The van der Waals surface area contributed by atoms with Gasteiger partial charge in [0, 0.05) is 113 Å². The number of aryl methyl sites for hydroxylation is 3. The molecule has 0 radical (unpaired) electrons. The smallest absolute Gasteiger partial charge is 0.253 e. The van der Waals surface area contributed by atoms with E-state index in [-0.39, 0.29) is 53.8 Å². The van der Waals surface area contributed by atoms with E-state index in [9.17, 15) is 28.8 Å². The highest BCUT2D eigenvalue weighted by Gasteiger charge is 2.27. The zero-order valence-electron chi connectivity index (χ0n) is 61.4. The molecule has 0 aliphatic carbocycles. The third-order valence-corrected chi connectivity index (χ3v) is 18.5. The SMILES string of the molecule is CCCCOc1c(CCC)cc(-c2cc(-c3cc(CCC)c(OCCCC)c(CNc4c(Nc5ccc(N(C)C)cc5)c(=O)c4=O)c3)cc(-c3cc(CCC)c(OCCCC)c(CNc4c(Nc5ccc(N(C)C)cc5)c(=O)c4=O)c3)c2)cc1CNc1c(Nc2ccc(N(C)C)cc2)c(=O)c1=O. The van der Waals surface area contributed by atoms with Crippen molar-refractivity contribution in [2.75, 3.05) is 109 Å². The molecule has 534 valence electrons. The minimum Gasteiger partial charge on any atom is -0.493 e. The van der Waals surface area contributed by atoms with Gasteiger partial charge in [0.15, 0.2) is 0 Å². The van der Waals surface area contributed by atoms with E-state index in [4.69, 9.17) is 14.2 Å². The molecule has 0 aliphatic heterocycles. The van der Waals surface area contributed by atoms with Gasteiger partial charge in [0.1, 0.15) is 51.4 Å². The van der Waals surface area contributed by atoms with E-state index in [1.165, 1.54) is 0 Å². The Balaban J connectivity index is 1.14. The predicted octanol–water partition coefficient (Wildman–Crippen LogP) is 16.1. The van der Waals surface area contributed by atoms with Crippen molar-refractivity contribution in [1.29, 1.82) is 0 Å². The van der Waals surface area contributed by atoms with Crippen molar-refractivity contribution in [3.05, 3.63) is 222 Å². The summed E-state index contributed by atoms with van der Waals surface area (Å²) in [5.74, 6) is 2.19. The average molecular weight is 1380 g/mol. The van der Waals surface area contributed by atoms with Gasteiger partial charge in [-0.15, -0.1) is 0 Å². The number of rotatable bonds is 39. The topological polar surface area (TPSA) is 212 Å². The Morgan fingerprint density at radius 3 is 0.735 bits per heavy atom. The number of nitrogens with one attached hydrogen (secondary N) is 6. The largest absolute Gasteiger partial charge is 0.493 e. The second kappa shape index (κ2) is 34.2. The molecule has 10 rings (SSSR count). The maximum absolute atomic E-state index is 13.6. The van der Waals surface area contributed by atoms with Crippen LogP contribution in [0, 0.1) is 0 Å². The number of ether oxygens (including phenoxy) is 3. The normalized spacial score (nSPS) is 11.3. The molecule has 18 heteroatoms. The molecule has 0 spiro atoms. The Kier molecular flexibility index (Phi) is 24.8. The molecule has 0 amide bonds. The van der Waals surface area contributed by atoms with Gasteiger partial charge in [-0.3, -0.25) is 28.8 Å². The lowest BCUT2D eigenvalue weighted by Crippen LogP contribution is -2.36. The zero-order valence-corrected chi connectivity index (χ0v) is 61.4. The van der Waals surface area contributed by atoms with Crippen LogP contribution in [-0.2, 0) is 38.9 Å². The van der Waals surface area contributed by atoms with Crippen molar-refractivity contribution in [3.63, 3.8) is 0 Å². The molecule has 0 heterocycles. The molecule has 0 aromatic heterocycles. The Hall–Kier alpha value is -10.6. The average Bonchev–Trinajstić information content (AvgIpc) is 0.783. The van der Waals surface area contributed by atoms with E-state index >= 15 is 0 Å². The molecule has 18 nitrogen and oxygen atoms in total. The second-order valence-electron chi connectivity index (χ2n) is 27.0. The molecule has 0 aliphatic rings. The minimum atomic E-state index is -0.601. The maximum atomic E-state index is 13.6. The standard InChI is InChI=1S/C84H99N9O9/c1-13-19-37-100-82-52(22-16-4)40-55(46-61(82)49-85-70-73(79(97)76(70)94)88-64-25-31-67(32-26-64)91(7)8)58-43-59(56-41-53(23-17-5)83(101-38-20-14-2)62(47-56)50-86-71-74(80(98)77(71)95)89-65-27-33-68(34-28-65)92(9)10)45-60(44-58)57-42-54(24-18-6)84(102-39-21-15-3)63(48-57)51-87-72-75(81(99)78(72)96)90-66-29-35-69(36-30-66)93(11)12/h25-36,40-48,85-90H,13-24,37-39,49-51H2,1-12H3. The number of hydrogen-bond acceptors (Lipinski definition) is 18. The van der Waals surface area contributed by atoms with E-state index in [2.05, 4.69) is 128 Å². The van der Waals surface area contributed by atoms with Gasteiger partial charge in [0.05, 0.1) is 19.8 Å². The van der Waals surface area contributed by atoms with E-state index < -0.39 is 32.6 Å². The zero-order chi connectivity index (χ0) is 72.7. The molecule has 0 saturated heterocycles. The van der Waals surface area contributed by atoms with E-state index in [0.29, 0.717) is 56.1 Å². The molecule has 0 saturated carbocycles. The summed E-state index contributed by atoms with van der Waals surface area (Å²) in [6.07, 6.45) is 9.76. The van der Waals surface area contributed by atoms with Crippen LogP contribution in [0.15, 0.2) is 156 Å². The first-order valence-electron chi connectivity index (χ1n) is 36.1. The number of anilines is 12. The van der Waals surface area contributed by atoms with Crippen molar-refractivity contribution in [2.24, 2.45) is 0 Å². The predicted molar refractivity (Wildman–Crippen MR) is 424 cm³/mol. The fourth-order valence-electron chi connectivity index (χ4n) is 12.7. The summed E-state index contributed by atoms with van der Waals surface area (Å²) in [6.45, 7) is 14.8. The summed E-state index contributed by atoms with van der Waals surface area (Å²) < 4.78 is 20.3. The van der Waals surface area contributed by atoms with Gasteiger partial charge in [0.25, 0.3) is 32.6 Å². The van der Waals surface area contributed by atoms with E-state index in [0.717, 1.165) is 159 Å².